The van der Waals surface area contributed by atoms with Gasteiger partial charge in [0.25, 0.3) is 0 Å². The summed E-state index contributed by atoms with van der Waals surface area (Å²) in [6, 6.07) is 5.54. The molecule has 1 aromatic rings. The first-order chi connectivity index (χ1) is 20.2. The van der Waals surface area contributed by atoms with E-state index in [4.69, 9.17) is 19.9 Å². The first-order valence-electron chi connectivity index (χ1n) is 16.0. The number of benzene rings is 1. The molecule has 43 heavy (non-hydrogen) atoms. The van der Waals surface area contributed by atoms with E-state index in [1.165, 1.54) is 0 Å². The highest BCUT2D eigenvalue weighted by Gasteiger charge is 2.31. The Bertz CT molecular complexity index is 952. The second kappa shape index (κ2) is 19.8. The molecule has 0 fully saturated rings. The molecule has 0 bridgehead atoms. The van der Waals surface area contributed by atoms with E-state index in [2.05, 4.69) is 24.5 Å². The van der Waals surface area contributed by atoms with Gasteiger partial charge in [-0.1, -0.05) is 54.5 Å². The number of hydrogen-bond donors (Lipinski definition) is 4. The molecule has 0 radical (unpaired) electrons. The summed E-state index contributed by atoms with van der Waals surface area (Å²) in [7, 11) is 3.31. The van der Waals surface area contributed by atoms with Gasteiger partial charge in [0, 0.05) is 51.6 Å². The van der Waals surface area contributed by atoms with Crippen molar-refractivity contribution in [1.29, 1.82) is 0 Å². The van der Waals surface area contributed by atoms with Crippen LogP contribution in [0.5, 0.6) is 11.5 Å². The molecule has 1 rings (SSSR count). The largest absolute Gasteiger partial charge is 0.493 e. The van der Waals surface area contributed by atoms with E-state index in [0.717, 1.165) is 24.8 Å². The fourth-order valence-corrected chi connectivity index (χ4v) is 5.04. The maximum atomic E-state index is 13.2. The molecule has 5 N–H and O–H groups in total. The maximum absolute atomic E-state index is 13.2. The Kier molecular flexibility index (Phi) is 17.8. The van der Waals surface area contributed by atoms with Gasteiger partial charge < -0.3 is 35.7 Å². The first-order valence-corrected chi connectivity index (χ1v) is 16.0. The first kappa shape index (κ1) is 38.7. The summed E-state index contributed by atoms with van der Waals surface area (Å²) in [5.41, 5.74) is 7.41. The predicted molar refractivity (Wildman–Crippen MR) is 173 cm³/mol. The van der Waals surface area contributed by atoms with Crippen LogP contribution in [0.15, 0.2) is 18.2 Å². The number of hydrogen-bond acceptors (Lipinski definition) is 7. The summed E-state index contributed by atoms with van der Waals surface area (Å²) < 4.78 is 16.6. The molecule has 0 heterocycles. The standard InChI is InChI=1S/C34H61N3O6/c1-10-12-32(39)36-21-34(6,7)22-37-33(40)27(24(4)5)20-29(38)28(35)19-26(23(2)3)17-25-13-14-30(42-9)31(18-25)43-16-11-15-41-8/h13-14,18,23-24,26-29,38H,10-12,15-17,19-22,35H2,1-9H3,(H,36,39)(H,37,40)/t26-,27-,28-,29-/m0/s1. The maximum Gasteiger partial charge on any atom is 0.223 e. The summed E-state index contributed by atoms with van der Waals surface area (Å²) >= 11 is 0. The molecule has 248 valence electrons. The Hall–Kier alpha value is -2.36. The zero-order chi connectivity index (χ0) is 32.6. The van der Waals surface area contributed by atoms with Crippen LogP contribution < -0.4 is 25.8 Å². The van der Waals surface area contributed by atoms with E-state index in [0.29, 0.717) is 63.0 Å². The Balaban J connectivity index is 2.81. The molecule has 0 aliphatic carbocycles. The number of carbonyl (C=O) groups excluding carboxylic acids is 2. The minimum Gasteiger partial charge on any atom is -0.493 e. The molecular formula is C34H61N3O6. The molecule has 0 spiro atoms. The smallest absolute Gasteiger partial charge is 0.223 e. The molecule has 0 saturated heterocycles. The van der Waals surface area contributed by atoms with Crippen molar-refractivity contribution in [3.8, 4) is 11.5 Å². The number of nitrogens with two attached hydrogens (primary N) is 1. The van der Waals surface area contributed by atoms with Crippen molar-refractivity contribution in [3.63, 3.8) is 0 Å². The van der Waals surface area contributed by atoms with Crippen LogP contribution >= 0.6 is 0 Å². The molecule has 9 nitrogen and oxygen atoms in total. The van der Waals surface area contributed by atoms with E-state index >= 15 is 0 Å². The number of ether oxygens (including phenoxy) is 3. The Labute approximate surface area is 261 Å². The highest BCUT2D eigenvalue weighted by Crippen LogP contribution is 2.32. The van der Waals surface area contributed by atoms with Crippen LogP contribution in [0, 0.1) is 29.1 Å². The van der Waals surface area contributed by atoms with Crippen LogP contribution in [-0.4, -0.2) is 69.6 Å². The van der Waals surface area contributed by atoms with Gasteiger partial charge in [0.1, 0.15) is 0 Å². The monoisotopic (exact) mass is 607 g/mol. The van der Waals surface area contributed by atoms with Gasteiger partial charge in [-0.25, -0.2) is 0 Å². The molecular weight excluding hydrogens is 546 g/mol. The minimum absolute atomic E-state index is 0.0254. The number of amides is 2. The van der Waals surface area contributed by atoms with Crippen molar-refractivity contribution in [2.24, 2.45) is 34.8 Å². The molecule has 9 heteroatoms. The second-order valence-electron chi connectivity index (χ2n) is 13.4. The molecule has 0 aliphatic heterocycles. The van der Waals surface area contributed by atoms with Crippen LogP contribution in [0.3, 0.4) is 0 Å². The molecule has 1 aromatic carbocycles. The van der Waals surface area contributed by atoms with Gasteiger partial charge in [0.2, 0.25) is 11.8 Å². The van der Waals surface area contributed by atoms with Gasteiger partial charge in [-0.3, -0.25) is 9.59 Å². The van der Waals surface area contributed by atoms with Crippen molar-refractivity contribution >= 4 is 11.8 Å². The summed E-state index contributed by atoms with van der Waals surface area (Å²) in [6.45, 7) is 16.4. The lowest BCUT2D eigenvalue weighted by Crippen LogP contribution is -2.46. The highest BCUT2D eigenvalue weighted by molar-refractivity contribution is 5.79. The van der Waals surface area contributed by atoms with Crippen LogP contribution in [0.2, 0.25) is 0 Å². The lowest BCUT2D eigenvalue weighted by Gasteiger charge is -2.31. The Morgan fingerprint density at radius 2 is 1.65 bits per heavy atom. The lowest BCUT2D eigenvalue weighted by molar-refractivity contribution is -0.128. The molecule has 2 amide bonds. The van der Waals surface area contributed by atoms with E-state index in [1.807, 2.05) is 52.8 Å². The van der Waals surface area contributed by atoms with Crippen molar-refractivity contribution in [3.05, 3.63) is 23.8 Å². The molecule has 0 saturated carbocycles. The van der Waals surface area contributed by atoms with Gasteiger partial charge in [0.05, 0.1) is 19.8 Å². The second-order valence-corrected chi connectivity index (χ2v) is 13.4. The number of carbonyl (C=O) groups is 2. The lowest BCUT2D eigenvalue weighted by atomic mass is 9.80. The molecule has 0 unspecified atom stereocenters. The summed E-state index contributed by atoms with van der Waals surface area (Å²) in [5.74, 6) is 1.57. The number of methoxy groups -OCH3 is 2. The van der Waals surface area contributed by atoms with Crippen LogP contribution in [0.1, 0.15) is 86.1 Å². The van der Waals surface area contributed by atoms with E-state index in [-0.39, 0.29) is 35.0 Å². The number of aliphatic hydroxyl groups excluding tert-OH is 1. The van der Waals surface area contributed by atoms with Gasteiger partial charge in [-0.15, -0.1) is 0 Å². The van der Waals surface area contributed by atoms with Gasteiger partial charge in [0.15, 0.2) is 11.5 Å². The van der Waals surface area contributed by atoms with E-state index < -0.39 is 12.1 Å². The summed E-state index contributed by atoms with van der Waals surface area (Å²) in [5, 5.41) is 17.2. The number of nitrogens with one attached hydrogen (secondary N) is 2. The zero-order valence-electron chi connectivity index (χ0n) is 28.3. The van der Waals surface area contributed by atoms with Crippen LogP contribution in [0.4, 0.5) is 0 Å². The average Bonchev–Trinajstić information content (AvgIpc) is 2.95. The summed E-state index contributed by atoms with van der Waals surface area (Å²) in [6.07, 6.45) is 2.99. The van der Waals surface area contributed by atoms with Crippen molar-refractivity contribution in [2.75, 3.05) is 40.5 Å². The van der Waals surface area contributed by atoms with E-state index in [9.17, 15) is 14.7 Å². The molecule has 4 atom stereocenters. The summed E-state index contributed by atoms with van der Waals surface area (Å²) in [4.78, 5) is 25.1. The fourth-order valence-electron chi connectivity index (χ4n) is 5.04. The quantitative estimate of drug-likeness (QED) is 0.140. The van der Waals surface area contributed by atoms with Gasteiger partial charge in [-0.05, 0) is 66.5 Å². The Morgan fingerprint density at radius 1 is 0.977 bits per heavy atom. The third kappa shape index (κ3) is 14.8. The SMILES string of the molecule is CCCC(=O)NCC(C)(C)CNC(=O)[C@@H](C[C@H](O)[C@@H](N)C[C@H](Cc1ccc(OC)c(OCCCOC)c1)C(C)C)C(C)C. The molecule has 0 aromatic heterocycles. The number of aliphatic hydroxyl groups is 1. The molecule has 0 aliphatic rings. The third-order valence-electron chi connectivity index (χ3n) is 8.11. The topological polar surface area (TPSA) is 132 Å². The third-order valence-corrected chi connectivity index (χ3v) is 8.11. The zero-order valence-corrected chi connectivity index (χ0v) is 28.3. The van der Waals surface area contributed by atoms with Gasteiger partial charge in [-0.2, -0.15) is 0 Å². The van der Waals surface area contributed by atoms with Crippen LogP contribution in [0.25, 0.3) is 0 Å². The van der Waals surface area contributed by atoms with Crippen molar-refractivity contribution < 1.29 is 28.9 Å². The van der Waals surface area contributed by atoms with Crippen molar-refractivity contribution in [1.82, 2.24) is 10.6 Å². The average molecular weight is 608 g/mol. The van der Waals surface area contributed by atoms with Gasteiger partial charge >= 0.3 is 0 Å². The highest BCUT2D eigenvalue weighted by atomic mass is 16.5. The normalized spacial score (nSPS) is 14.7. The van der Waals surface area contributed by atoms with Crippen molar-refractivity contribution in [2.45, 2.75) is 99.1 Å². The predicted octanol–water partition coefficient (Wildman–Crippen LogP) is 4.72. The minimum atomic E-state index is -0.809. The number of rotatable bonds is 22. The Morgan fingerprint density at radius 3 is 2.23 bits per heavy atom. The van der Waals surface area contributed by atoms with E-state index in [1.54, 1.807) is 14.2 Å². The van der Waals surface area contributed by atoms with Crippen LogP contribution in [-0.2, 0) is 20.7 Å². The fraction of sp³-hybridized carbons (Fsp3) is 0.765.